The molecule has 2 heterocycles. The van der Waals surface area contributed by atoms with Gasteiger partial charge in [0.15, 0.2) is 0 Å². The molecule has 0 atom stereocenters. The molecule has 0 saturated heterocycles. The van der Waals surface area contributed by atoms with E-state index in [0.29, 0.717) is 0 Å². The number of hydrogen-bond acceptors (Lipinski definition) is 8. The molecule has 144 valence electrons. The predicted octanol–water partition coefficient (Wildman–Crippen LogP) is 6.91. The maximum absolute atomic E-state index is 12.7. The highest BCUT2D eigenvalue weighted by Gasteiger charge is 2.19. The second-order valence-corrected chi connectivity index (χ2v) is 8.14. The van der Waals surface area contributed by atoms with Gasteiger partial charge in [0, 0.05) is 0 Å². The molecule has 0 aliphatic rings. The molecular formula is C18H16N4O2S4. The van der Waals surface area contributed by atoms with Gasteiger partial charge in [-0.05, 0) is 0 Å². The maximum atomic E-state index is 12.7. The van der Waals surface area contributed by atoms with Crippen molar-refractivity contribution in [2.24, 2.45) is 0 Å². The van der Waals surface area contributed by atoms with Gasteiger partial charge in [0.25, 0.3) is 10.0 Å². The van der Waals surface area contributed by atoms with Crippen LogP contribution in [0.25, 0.3) is 28.5 Å². The third kappa shape index (κ3) is 4.02. The summed E-state index contributed by atoms with van der Waals surface area (Å²) in [6.07, 6.45) is 0. The molecule has 10 heteroatoms. The number of nitrogens with zero attached hydrogens (tertiary/aromatic N) is 4. The van der Waals surface area contributed by atoms with Crippen LogP contribution in [0.2, 0.25) is 0 Å². The summed E-state index contributed by atoms with van der Waals surface area (Å²) in [6, 6.07) is 3.71. The van der Waals surface area contributed by atoms with E-state index in [9.17, 15) is 9.59 Å². The van der Waals surface area contributed by atoms with E-state index in [4.69, 9.17) is 23.7 Å². The molecule has 0 aliphatic heterocycles. The number of hydrogen-bond donors (Lipinski definition) is 0. The van der Waals surface area contributed by atoms with E-state index in [0.717, 1.165) is 45.3 Å². The summed E-state index contributed by atoms with van der Waals surface area (Å²) in [5.74, 6) is 0. The molecule has 28 heavy (non-hydrogen) atoms. The highest BCUT2D eigenvalue weighted by Crippen LogP contribution is 2.41. The molecule has 0 radical (unpaired) electrons. The Morgan fingerprint density at radius 2 is 0.929 bits per heavy atom. The molecular weight excluding hydrogens is 432 g/mol. The first kappa shape index (κ1) is 27.4. The van der Waals surface area contributed by atoms with Crippen LogP contribution in [0.1, 0.15) is 39.5 Å². The van der Waals surface area contributed by atoms with E-state index in [1.807, 2.05) is 12.1 Å². The van der Waals surface area contributed by atoms with Crippen LogP contribution in [0.15, 0.2) is 9.59 Å². The van der Waals surface area contributed by atoms with Crippen molar-refractivity contribution in [2.45, 2.75) is 29.7 Å². The molecule has 0 spiro atoms. The van der Waals surface area contributed by atoms with Crippen LogP contribution >= 0.6 is 45.3 Å². The van der Waals surface area contributed by atoms with Crippen LogP contribution in [-0.4, -0.2) is 0 Å². The fourth-order valence-electron chi connectivity index (χ4n) is 1.86. The van der Waals surface area contributed by atoms with Crippen molar-refractivity contribution < 1.29 is 0 Å². The molecule has 0 N–H and O–H groups in total. The van der Waals surface area contributed by atoms with Gasteiger partial charge in [-0.3, -0.25) is 9.59 Å². The zero-order valence-corrected chi connectivity index (χ0v) is 14.5. The van der Waals surface area contributed by atoms with Crippen molar-refractivity contribution in [2.75, 3.05) is 0 Å². The van der Waals surface area contributed by atoms with Gasteiger partial charge >= 0.3 is 0 Å². The van der Waals surface area contributed by atoms with Crippen molar-refractivity contribution in [1.29, 1.82) is 10.5 Å². The predicted molar refractivity (Wildman–Crippen MR) is 123 cm³/mol. The van der Waals surface area contributed by atoms with Gasteiger partial charge in [-0.1, -0.05) is 29.7 Å². The van der Waals surface area contributed by atoms with Gasteiger partial charge in [-0.2, -0.15) is 33.2 Å². The number of rotatable bonds is 0. The number of fused-ring (bicyclic) bond motifs is 2. The first-order chi connectivity index (χ1) is 11.5. The van der Waals surface area contributed by atoms with Gasteiger partial charge in [0.1, 0.15) is 21.9 Å². The fraction of sp³-hybridized carbons (Fsp3) is 0.222. The van der Waals surface area contributed by atoms with Crippen LogP contribution in [0.4, 0.5) is 10.0 Å². The van der Waals surface area contributed by atoms with E-state index >= 15 is 0 Å². The van der Waals surface area contributed by atoms with Crippen molar-refractivity contribution in [3.8, 4) is 12.1 Å². The summed E-state index contributed by atoms with van der Waals surface area (Å²) in [6.45, 7) is 14.2. The zero-order valence-electron chi connectivity index (χ0n) is 11.2. The molecule has 6 nitrogen and oxygen atoms in total. The van der Waals surface area contributed by atoms with Crippen molar-refractivity contribution in [3.05, 3.63) is 53.0 Å². The summed E-state index contributed by atoms with van der Waals surface area (Å²) in [4.78, 5) is 32.0. The Balaban J connectivity index is 0. The molecule has 1 aromatic carbocycles. The van der Waals surface area contributed by atoms with E-state index in [1.54, 1.807) is 0 Å². The van der Waals surface area contributed by atoms with E-state index in [-0.39, 0.29) is 68.3 Å². The summed E-state index contributed by atoms with van der Waals surface area (Å²) in [7, 11) is 0. The standard InChI is InChI=1S/C14N4O2S4.4CH4/c1-17-13-14(18-2)24-12-8(20)10-9(7(19)11(12)23-13)21-5(3-15)6(4-16)22-10;;;;/h;4*1H4. The van der Waals surface area contributed by atoms with E-state index < -0.39 is 10.9 Å². The van der Waals surface area contributed by atoms with Gasteiger partial charge in [0.2, 0.25) is 10.9 Å². The lowest BCUT2D eigenvalue weighted by Gasteiger charge is -2.02. The van der Waals surface area contributed by atoms with Gasteiger partial charge in [0.05, 0.1) is 31.9 Å². The Bertz CT molecular complexity index is 1140. The third-order valence-corrected chi connectivity index (χ3v) is 7.68. The average Bonchev–Trinajstić information content (AvgIpc) is 2.63. The minimum Gasteiger partial charge on any atom is -0.287 e. The first-order valence-electron chi connectivity index (χ1n) is 5.88. The Hall–Kier alpha value is -2.86. The van der Waals surface area contributed by atoms with Crippen LogP contribution in [-0.2, 0) is 0 Å². The van der Waals surface area contributed by atoms with Crippen molar-refractivity contribution in [3.63, 3.8) is 0 Å². The summed E-state index contributed by atoms with van der Waals surface area (Å²) >= 11 is 3.23. The minimum atomic E-state index is -0.454. The highest BCUT2D eigenvalue weighted by atomic mass is 32.1. The van der Waals surface area contributed by atoms with Crippen molar-refractivity contribution >= 4 is 74.1 Å². The Morgan fingerprint density at radius 3 is 1.18 bits per heavy atom. The molecule has 0 fully saturated rings. The monoisotopic (exact) mass is 448 g/mol. The molecule has 3 aromatic rings. The van der Waals surface area contributed by atoms with Gasteiger partial charge in [-0.25, -0.2) is 9.69 Å². The minimum absolute atomic E-state index is 0. The first-order valence-corrected chi connectivity index (χ1v) is 9.15. The van der Waals surface area contributed by atoms with Crippen LogP contribution in [0.5, 0.6) is 0 Å². The van der Waals surface area contributed by atoms with E-state index in [2.05, 4.69) is 9.69 Å². The van der Waals surface area contributed by atoms with E-state index in [1.165, 1.54) is 0 Å². The molecule has 2 aromatic heterocycles. The highest BCUT2D eigenvalue weighted by molar-refractivity contribution is 7.35. The Labute approximate surface area is 179 Å². The molecule has 3 rings (SSSR count). The van der Waals surface area contributed by atoms with Gasteiger partial charge < -0.3 is 0 Å². The smallest absolute Gasteiger partial charge is 0.259 e. The molecule has 0 unspecified atom stereocenters. The van der Waals surface area contributed by atoms with Crippen LogP contribution < -0.4 is 10.9 Å². The van der Waals surface area contributed by atoms with Crippen LogP contribution in [0.3, 0.4) is 0 Å². The summed E-state index contributed by atoms with van der Waals surface area (Å²) in [5, 5.41) is 18.3. The molecule has 0 aliphatic carbocycles. The normalized spacial score (nSPS) is 8.43. The zero-order chi connectivity index (χ0) is 17.4. The lowest BCUT2D eigenvalue weighted by Crippen LogP contribution is -2.10. The summed E-state index contributed by atoms with van der Waals surface area (Å²) < 4.78 is 0.409. The molecule has 0 amide bonds. The van der Waals surface area contributed by atoms with Gasteiger partial charge in [-0.15, -0.1) is 22.7 Å². The maximum Gasteiger partial charge on any atom is 0.259 e. The van der Waals surface area contributed by atoms with Crippen molar-refractivity contribution in [1.82, 2.24) is 0 Å². The second-order valence-electron chi connectivity index (χ2n) is 4.10. The largest absolute Gasteiger partial charge is 0.287 e. The SMILES string of the molecule is C.C.C.C.[C-]#[N+]c1sc2c(=O)c3sc(C#N)c(C#N)sc3c(=O)c2sc1[N+]#[C-]. The molecule has 0 saturated carbocycles. The second kappa shape index (κ2) is 10.5. The fourth-order valence-corrected chi connectivity index (χ4v) is 6.03. The lowest BCUT2D eigenvalue weighted by molar-refractivity contribution is 1.49. The lowest BCUT2D eigenvalue weighted by atomic mass is 10.3. The van der Waals surface area contributed by atoms with Crippen LogP contribution in [0, 0.1) is 35.8 Å². The summed E-state index contributed by atoms with van der Waals surface area (Å²) in [5.41, 5.74) is -0.908. The third-order valence-electron chi connectivity index (χ3n) is 2.84. The quantitative estimate of drug-likeness (QED) is 0.276. The Kier molecular flexibility index (Phi) is 10.2. The Morgan fingerprint density at radius 1 is 0.643 bits per heavy atom. The number of benzene rings is 1. The molecule has 0 bridgehead atoms. The topological polar surface area (TPSA) is 90.4 Å². The average molecular weight is 449 g/mol. The number of nitriles is 2.